The second kappa shape index (κ2) is 2.85. The highest BCUT2D eigenvalue weighted by Gasteiger charge is 2.25. The fourth-order valence-electron chi connectivity index (χ4n) is 2.31. The van der Waals surface area contributed by atoms with Crippen LogP contribution in [0.3, 0.4) is 0 Å². The third-order valence-corrected chi connectivity index (χ3v) is 3.05. The van der Waals surface area contributed by atoms with Gasteiger partial charge in [0.2, 0.25) is 0 Å². The Balaban J connectivity index is 2.32. The summed E-state index contributed by atoms with van der Waals surface area (Å²) in [4.78, 5) is 0. The number of hydrogen-bond donors (Lipinski definition) is 1. The molecule has 0 bridgehead atoms. The lowest BCUT2D eigenvalue weighted by Crippen LogP contribution is -2.84. The molecule has 2 heterocycles. The van der Waals surface area contributed by atoms with Crippen LogP contribution in [0.4, 0.5) is 0 Å². The molecule has 0 amide bonds. The lowest BCUT2D eigenvalue weighted by molar-refractivity contribution is -0.676. The molecule has 0 saturated heterocycles. The highest BCUT2D eigenvalue weighted by molar-refractivity contribution is 5.82. The summed E-state index contributed by atoms with van der Waals surface area (Å²) in [5.74, 6) is 1.75. The van der Waals surface area contributed by atoms with Crippen LogP contribution >= 0.6 is 0 Å². The van der Waals surface area contributed by atoms with Crippen molar-refractivity contribution in [3.63, 3.8) is 0 Å². The van der Waals surface area contributed by atoms with E-state index in [0.29, 0.717) is 5.92 Å². The van der Waals surface area contributed by atoms with Gasteiger partial charge in [-0.3, -0.25) is 0 Å². The summed E-state index contributed by atoms with van der Waals surface area (Å²) in [6, 6.07) is 8.33. The van der Waals surface area contributed by atoms with Crippen molar-refractivity contribution in [2.45, 2.75) is 19.4 Å². The first-order chi connectivity index (χ1) is 6.86. The summed E-state index contributed by atoms with van der Waals surface area (Å²) >= 11 is 0. The van der Waals surface area contributed by atoms with Crippen LogP contribution in [0.25, 0.3) is 11.0 Å². The van der Waals surface area contributed by atoms with Crippen molar-refractivity contribution < 1.29 is 9.73 Å². The number of hydrogen-bond acceptors (Lipinski definition) is 1. The minimum Gasteiger partial charge on any atom is -0.460 e. The number of benzene rings is 1. The quantitative estimate of drug-likeness (QED) is 0.668. The summed E-state index contributed by atoms with van der Waals surface area (Å²) in [7, 11) is 0. The Labute approximate surface area is 82.9 Å². The maximum absolute atomic E-state index is 5.88. The minimum absolute atomic E-state index is 0.547. The molecule has 0 saturated carbocycles. The highest BCUT2D eigenvalue weighted by Crippen LogP contribution is 2.31. The monoisotopic (exact) mass is 188 g/mol. The maximum Gasteiger partial charge on any atom is 0.134 e. The van der Waals surface area contributed by atoms with Crippen molar-refractivity contribution in [1.82, 2.24) is 0 Å². The van der Waals surface area contributed by atoms with Crippen molar-refractivity contribution in [2.75, 3.05) is 6.54 Å². The lowest BCUT2D eigenvalue weighted by atomic mass is 9.99. The number of nitrogens with two attached hydrogens (primary N) is 1. The molecule has 1 unspecified atom stereocenters. The standard InChI is InChI=1S/C12H13NO/c1-8-6-13-7-10-9-4-2-3-5-11(9)14-12(8)10/h2-5,8,13H,6-7H2,1H3/p+1. The smallest absolute Gasteiger partial charge is 0.134 e. The average Bonchev–Trinajstić information content (AvgIpc) is 2.59. The SMILES string of the molecule is CC1C[NH2+]Cc2c1oc1ccccc21. The Morgan fingerprint density at radius 3 is 3.14 bits per heavy atom. The van der Waals surface area contributed by atoms with Crippen LogP contribution in [0.5, 0.6) is 0 Å². The van der Waals surface area contributed by atoms with E-state index < -0.39 is 0 Å². The zero-order chi connectivity index (χ0) is 9.54. The van der Waals surface area contributed by atoms with E-state index in [1.165, 1.54) is 16.7 Å². The van der Waals surface area contributed by atoms with Crippen LogP contribution in [-0.4, -0.2) is 6.54 Å². The Morgan fingerprint density at radius 1 is 1.36 bits per heavy atom. The van der Waals surface area contributed by atoms with Gasteiger partial charge in [-0.15, -0.1) is 0 Å². The summed E-state index contributed by atoms with van der Waals surface area (Å²) in [5, 5.41) is 3.65. The molecule has 0 radical (unpaired) electrons. The van der Waals surface area contributed by atoms with Gasteiger partial charge in [-0.25, -0.2) is 0 Å². The molecule has 1 aliphatic heterocycles. The van der Waals surface area contributed by atoms with E-state index in [4.69, 9.17) is 4.42 Å². The fourth-order valence-corrected chi connectivity index (χ4v) is 2.31. The molecule has 1 aromatic carbocycles. The second-order valence-electron chi connectivity index (χ2n) is 4.07. The number of rotatable bonds is 0. The highest BCUT2D eigenvalue weighted by atomic mass is 16.3. The van der Waals surface area contributed by atoms with E-state index in [9.17, 15) is 0 Å². The Bertz CT molecular complexity index is 472. The molecule has 1 aromatic heterocycles. The van der Waals surface area contributed by atoms with E-state index in [-0.39, 0.29) is 0 Å². The first kappa shape index (κ1) is 8.06. The largest absolute Gasteiger partial charge is 0.460 e. The van der Waals surface area contributed by atoms with Gasteiger partial charge >= 0.3 is 0 Å². The minimum atomic E-state index is 0.547. The Hall–Kier alpha value is -1.28. The first-order valence-corrected chi connectivity index (χ1v) is 5.18. The van der Waals surface area contributed by atoms with Crippen molar-refractivity contribution in [2.24, 2.45) is 0 Å². The van der Waals surface area contributed by atoms with Gasteiger partial charge in [0.05, 0.1) is 18.0 Å². The van der Waals surface area contributed by atoms with Crippen LogP contribution in [-0.2, 0) is 6.54 Å². The summed E-state index contributed by atoms with van der Waals surface area (Å²) in [6.07, 6.45) is 0. The normalized spacial score (nSPS) is 21.1. The summed E-state index contributed by atoms with van der Waals surface area (Å²) in [5.41, 5.74) is 2.44. The Kier molecular flexibility index (Phi) is 1.64. The molecule has 0 spiro atoms. The van der Waals surface area contributed by atoms with Crippen LogP contribution in [0.2, 0.25) is 0 Å². The third kappa shape index (κ3) is 1.01. The molecule has 1 aliphatic rings. The molecular weight excluding hydrogens is 174 g/mol. The van der Waals surface area contributed by atoms with Gasteiger partial charge in [-0.2, -0.15) is 0 Å². The second-order valence-corrected chi connectivity index (χ2v) is 4.07. The molecule has 0 fully saturated rings. The van der Waals surface area contributed by atoms with Gasteiger partial charge in [0, 0.05) is 5.39 Å². The zero-order valence-electron chi connectivity index (χ0n) is 8.29. The van der Waals surface area contributed by atoms with Crippen molar-refractivity contribution in [3.05, 3.63) is 35.6 Å². The molecule has 14 heavy (non-hydrogen) atoms. The number of quaternary nitrogens is 1. The predicted octanol–water partition coefficient (Wildman–Crippen LogP) is 1.61. The number of furan rings is 1. The maximum atomic E-state index is 5.88. The molecule has 3 rings (SSSR count). The fraction of sp³-hybridized carbons (Fsp3) is 0.333. The first-order valence-electron chi connectivity index (χ1n) is 5.18. The van der Waals surface area contributed by atoms with Gasteiger partial charge < -0.3 is 9.73 Å². The van der Waals surface area contributed by atoms with Crippen LogP contribution in [0.15, 0.2) is 28.7 Å². The van der Waals surface area contributed by atoms with E-state index >= 15 is 0 Å². The molecular formula is C12H14NO+. The zero-order valence-corrected chi connectivity index (χ0v) is 8.29. The third-order valence-electron chi connectivity index (χ3n) is 3.05. The predicted molar refractivity (Wildman–Crippen MR) is 55.1 cm³/mol. The van der Waals surface area contributed by atoms with E-state index in [0.717, 1.165) is 18.7 Å². The van der Waals surface area contributed by atoms with Gasteiger partial charge in [-0.1, -0.05) is 18.2 Å². The van der Waals surface area contributed by atoms with Crippen LogP contribution < -0.4 is 5.32 Å². The summed E-state index contributed by atoms with van der Waals surface area (Å²) < 4.78 is 5.88. The van der Waals surface area contributed by atoms with E-state index in [1.54, 1.807) is 0 Å². The Morgan fingerprint density at radius 2 is 2.21 bits per heavy atom. The van der Waals surface area contributed by atoms with Gasteiger partial charge in [-0.05, 0) is 13.0 Å². The average molecular weight is 188 g/mol. The lowest BCUT2D eigenvalue weighted by Gasteiger charge is -2.14. The topological polar surface area (TPSA) is 29.8 Å². The van der Waals surface area contributed by atoms with E-state index in [1.807, 2.05) is 6.07 Å². The molecule has 2 N–H and O–H groups in total. The molecule has 0 aliphatic carbocycles. The van der Waals surface area contributed by atoms with Gasteiger partial charge in [0.25, 0.3) is 0 Å². The van der Waals surface area contributed by atoms with Gasteiger partial charge in [0.1, 0.15) is 17.9 Å². The van der Waals surface area contributed by atoms with Crippen LogP contribution in [0, 0.1) is 0 Å². The molecule has 2 heteroatoms. The molecule has 2 nitrogen and oxygen atoms in total. The number of fused-ring (bicyclic) bond motifs is 3. The van der Waals surface area contributed by atoms with Gasteiger partial charge in [0.15, 0.2) is 0 Å². The molecule has 2 aromatic rings. The van der Waals surface area contributed by atoms with E-state index in [2.05, 4.69) is 30.4 Å². The van der Waals surface area contributed by atoms with Crippen molar-refractivity contribution in [1.29, 1.82) is 0 Å². The van der Waals surface area contributed by atoms with Crippen molar-refractivity contribution in [3.8, 4) is 0 Å². The molecule has 72 valence electrons. The number of para-hydroxylation sites is 1. The molecule has 1 atom stereocenters. The summed E-state index contributed by atoms with van der Waals surface area (Å²) in [6.45, 7) is 4.44. The van der Waals surface area contributed by atoms with Crippen molar-refractivity contribution >= 4 is 11.0 Å². The van der Waals surface area contributed by atoms with Crippen LogP contribution in [0.1, 0.15) is 24.2 Å².